The highest BCUT2D eigenvalue weighted by Gasteiger charge is 2.17. The van der Waals surface area contributed by atoms with Gasteiger partial charge in [-0.25, -0.2) is 9.97 Å². The number of nitrogens with two attached hydrogens (primary N) is 1. The number of piperidine rings is 1. The third-order valence-corrected chi connectivity index (χ3v) is 5.34. The summed E-state index contributed by atoms with van der Waals surface area (Å²) in [6.45, 7) is 2.07. The standard InChI is InChI=1S/C21H22N8/c22-20-18(21-26-12-19(28-21)14-2-1-5-24-9-14)8-15(10-25-20)16-11-27-29(13-16)17-3-6-23-7-4-17/h1-2,5,8-13,17,23H,3-4,6-7H2,(H2,22,25)(H,26,28). The molecule has 146 valence electrons. The minimum absolute atomic E-state index is 0.437. The molecule has 0 amide bonds. The van der Waals surface area contributed by atoms with E-state index >= 15 is 0 Å². The summed E-state index contributed by atoms with van der Waals surface area (Å²) in [6, 6.07) is 6.33. The second-order valence-corrected chi connectivity index (χ2v) is 7.23. The Labute approximate surface area is 168 Å². The fourth-order valence-corrected chi connectivity index (χ4v) is 3.71. The van der Waals surface area contributed by atoms with Crippen LogP contribution in [-0.4, -0.2) is 42.8 Å². The van der Waals surface area contributed by atoms with Crippen LogP contribution < -0.4 is 11.1 Å². The molecule has 4 aromatic heterocycles. The predicted molar refractivity (Wildman–Crippen MR) is 112 cm³/mol. The molecule has 4 N–H and O–H groups in total. The van der Waals surface area contributed by atoms with Crippen molar-refractivity contribution >= 4 is 5.82 Å². The van der Waals surface area contributed by atoms with E-state index in [2.05, 4.69) is 41.2 Å². The number of nitrogen functional groups attached to an aromatic ring is 1. The zero-order valence-corrected chi connectivity index (χ0v) is 15.9. The largest absolute Gasteiger partial charge is 0.383 e. The van der Waals surface area contributed by atoms with Crippen LogP contribution in [0.2, 0.25) is 0 Å². The fourth-order valence-electron chi connectivity index (χ4n) is 3.71. The summed E-state index contributed by atoms with van der Waals surface area (Å²) in [5, 5.41) is 7.97. The van der Waals surface area contributed by atoms with Crippen molar-refractivity contribution in [2.24, 2.45) is 0 Å². The number of pyridine rings is 2. The number of aromatic amines is 1. The van der Waals surface area contributed by atoms with E-state index in [0.29, 0.717) is 17.7 Å². The molecule has 0 atom stereocenters. The lowest BCUT2D eigenvalue weighted by molar-refractivity contribution is 0.343. The van der Waals surface area contributed by atoms with E-state index in [1.807, 2.05) is 24.4 Å². The number of rotatable bonds is 4. The third-order valence-electron chi connectivity index (χ3n) is 5.34. The quantitative estimate of drug-likeness (QED) is 0.497. The maximum Gasteiger partial charge on any atom is 0.141 e. The topological polar surface area (TPSA) is 110 Å². The smallest absolute Gasteiger partial charge is 0.141 e. The lowest BCUT2D eigenvalue weighted by Gasteiger charge is -2.22. The van der Waals surface area contributed by atoms with Gasteiger partial charge < -0.3 is 16.0 Å². The summed E-state index contributed by atoms with van der Waals surface area (Å²) in [6.07, 6.45) is 13.3. The molecule has 0 spiro atoms. The number of nitrogens with zero attached hydrogens (tertiary/aromatic N) is 5. The molecule has 5 heterocycles. The first-order valence-electron chi connectivity index (χ1n) is 9.74. The van der Waals surface area contributed by atoms with Gasteiger partial charge in [0, 0.05) is 41.5 Å². The van der Waals surface area contributed by atoms with Crippen LogP contribution >= 0.6 is 0 Å². The van der Waals surface area contributed by atoms with Gasteiger partial charge in [0.05, 0.1) is 29.7 Å². The molecule has 0 radical (unpaired) electrons. The van der Waals surface area contributed by atoms with Crippen LogP contribution in [-0.2, 0) is 0 Å². The molecule has 0 bridgehead atoms. The van der Waals surface area contributed by atoms with Crippen molar-refractivity contribution in [1.82, 2.24) is 35.0 Å². The Morgan fingerprint density at radius 3 is 2.72 bits per heavy atom. The molecule has 1 fully saturated rings. The molecule has 0 aromatic carbocycles. The predicted octanol–water partition coefficient (Wildman–Crippen LogP) is 2.90. The number of imidazole rings is 1. The Bertz CT molecular complexity index is 1110. The summed E-state index contributed by atoms with van der Waals surface area (Å²) >= 11 is 0. The van der Waals surface area contributed by atoms with Crippen LogP contribution in [0.25, 0.3) is 33.8 Å². The van der Waals surface area contributed by atoms with Crippen LogP contribution in [0.4, 0.5) is 5.82 Å². The first-order valence-corrected chi connectivity index (χ1v) is 9.74. The normalized spacial score (nSPS) is 14.9. The first-order chi connectivity index (χ1) is 14.3. The molecular weight excluding hydrogens is 364 g/mol. The van der Waals surface area contributed by atoms with Gasteiger partial charge in [0.15, 0.2) is 0 Å². The van der Waals surface area contributed by atoms with Crippen molar-refractivity contribution in [3.05, 3.63) is 55.4 Å². The van der Waals surface area contributed by atoms with Crippen molar-refractivity contribution < 1.29 is 0 Å². The van der Waals surface area contributed by atoms with Gasteiger partial charge >= 0.3 is 0 Å². The van der Waals surface area contributed by atoms with E-state index in [-0.39, 0.29) is 0 Å². The maximum absolute atomic E-state index is 6.16. The molecule has 0 unspecified atom stereocenters. The lowest BCUT2D eigenvalue weighted by atomic mass is 10.1. The first kappa shape index (κ1) is 17.6. The Hall–Kier alpha value is -3.52. The molecular formula is C21H22N8. The molecule has 4 aromatic rings. The molecule has 1 aliphatic heterocycles. The molecule has 1 aliphatic rings. The summed E-state index contributed by atoms with van der Waals surface area (Å²) in [5.74, 6) is 1.12. The van der Waals surface area contributed by atoms with E-state index in [1.165, 1.54) is 0 Å². The van der Waals surface area contributed by atoms with E-state index in [0.717, 1.165) is 53.9 Å². The van der Waals surface area contributed by atoms with E-state index in [1.54, 1.807) is 24.8 Å². The Morgan fingerprint density at radius 1 is 1.00 bits per heavy atom. The van der Waals surface area contributed by atoms with Crippen molar-refractivity contribution in [3.63, 3.8) is 0 Å². The highest BCUT2D eigenvalue weighted by atomic mass is 15.3. The zero-order valence-electron chi connectivity index (χ0n) is 15.9. The minimum atomic E-state index is 0.437. The molecule has 0 aliphatic carbocycles. The molecule has 0 saturated carbocycles. The van der Waals surface area contributed by atoms with Crippen molar-refractivity contribution in [2.75, 3.05) is 18.8 Å². The van der Waals surface area contributed by atoms with Gasteiger partial charge in [-0.15, -0.1) is 0 Å². The fraction of sp³-hybridized carbons (Fsp3) is 0.238. The Morgan fingerprint density at radius 2 is 1.90 bits per heavy atom. The van der Waals surface area contributed by atoms with Gasteiger partial charge in [0.25, 0.3) is 0 Å². The number of hydrogen-bond acceptors (Lipinski definition) is 6. The van der Waals surface area contributed by atoms with Crippen LogP contribution in [0.5, 0.6) is 0 Å². The van der Waals surface area contributed by atoms with Gasteiger partial charge in [0.1, 0.15) is 11.6 Å². The Kier molecular flexibility index (Phi) is 4.53. The average Bonchev–Trinajstić information content (AvgIpc) is 3.46. The number of H-pyrrole nitrogens is 1. The zero-order chi connectivity index (χ0) is 19.6. The summed E-state index contributed by atoms with van der Waals surface area (Å²) < 4.78 is 2.07. The van der Waals surface area contributed by atoms with E-state index < -0.39 is 0 Å². The van der Waals surface area contributed by atoms with Crippen molar-refractivity contribution in [3.8, 4) is 33.8 Å². The minimum Gasteiger partial charge on any atom is -0.383 e. The van der Waals surface area contributed by atoms with E-state index in [9.17, 15) is 0 Å². The van der Waals surface area contributed by atoms with Crippen LogP contribution in [0.1, 0.15) is 18.9 Å². The molecule has 29 heavy (non-hydrogen) atoms. The lowest BCUT2D eigenvalue weighted by Crippen LogP contribution is -2.29. The second kappa shape index (κ2) is 7.48. The number of nitrogens with one attached hydrogen (secondary N) is 2. The SMILES string of the molecule is Nc1ncc(-c2cnn(C3CCNCC3)c2)cc1-c1ncc(-c2cccnc2)[nH]1. The van der Waals surface area contributed by atoms with Gasteiger partial charge in [-0.3, -0.25) is 9.67 Å². The summed E-state index contributed by atoms with van der Waals surface area (Å²) in [5.41, 5.74) is 10.8. The summed E-state index contributed by atoms with van der Waals surface area (Å²) in [4.78, 5) is 16.4. The second-order valence-electron chi connectivity index (χ2n) is 7.23. The molecule has 5 rings (SSSR count). The van der Waals surface area contributed by atoms with Crippen molar-refractivity contribution in [1.29, 1.82) is 0 Å². The summed E-state index contributed by atoms with van der Waals surface area (Å²) in [7, 11) is 0. The van der Waals surface area contributed by atoms with Gasteiger partial charge in [0.2, 0.25) is 0 Å². The Balaban J connectivity index is 1.45. The van der Waals surface area contributed by atoms with Crippen LogP contribution in [0, 0.1) is 0 Å². The van der Waals surface area contributed by atoms with Gasteiger partial charge in [-0.1, -0.05) is 0 Å². The highest BCUT2D eigenvalue weighted by Crippen LogP contribution is 2.30. The maximum atomic E-state index is 6.16. The number of aromatic nitrogens is 6. The van der Waals surface area contributed by atoms with Crippen LogP contribution in [0.15, 0.2) is 55.4 Å². The molecule has 8 nitrogen and oxygen atoms in total. The van der Waals surface area contributed by atoms with E-state index in [4.69, 9.17) is 5.73 Å². The monoisotopic (exact) mass is 386 g/mol. The van der Waals surface area contributed by atoms with Gasteiger partial charge in [-0.05, 0) is 44.1 Å². The van der Waals surface area contributed by atoms with Gasteiger partial charge in [-0.2, -0.15) is 5.10 Å². The third kappa shape index (κ3) is 3.50. The highest BCUT2D eigenvalue weighted by molar-refractivity contribution is 5.76. The number of anilines is 1. The van der Waals surface area contributed by atoms with Crippen LogP contribution in [0.3, 0.4) is 0 Å². The average molecular weight is 386 g/mol. The molecule has 1 saturated heterocycles. The van der Waals surface area contributed by atoms with Crippen molar-refractivity contribution in [2.45, 2.75) is 18.9 Å². The number of hydrogen-bond donors (Lipinski definition) is 3. The molecule has 8 heteroatoms.